The standard InChI is InChI=1S/C18H13F6IN2O5/c1-16(29,8-32-12-5-9(17(19,20)21)4-10(25)6-12)15(28)26-11-2-3-14(27(30)31)13(7-11)18(22,23)24/h2-7,29H,8H2,1H3,(H,26,28). The smallest absolute Gasteiger partial charge is 0.423 e. The lowest BCUT2D eigenvalue weighted by atomic mass is 10.1. The number of hydrogen-bond acceptors (Lipinski definition) is 5. The second-order valence-corrected chi connectivity index (χ2v) is 7.92. The average Bonchev–Trinajstić information content (AvgIpc) is 2.64. The topological polar surface area (TPSA) is 102 Å². The number of nitrogens with zero attached hydrogens (tertiary/aromatic N) is 1. The molecule has 0 aromatic heterocycles. The second kappa shape index (κ2) is 9.09. The molecule has 2 N–H and O–H groups in total. The Labute approximate surface area is 189 Å². The maximum absolute atomic E-state index is 13.1. The van der Waals surface area contributed by atoms with Gasteiger partial charge in [-0.15, -0.1) is 0 Å². The second-order valence-electron chi connectivity index (χ2n) is 6.68. The number of nitro groups is 1. The van der Waals surface area contributed by atoms with Crippen molar-refractivity contribution in [2.45, 2.75) is 24.9 Å². The highest BCUT2D eigenvalue weighted by atomic mass is 127. The summed E-state index contributed by atoms with van der Waals surface area (Å²) in [5, 5.41) is 23.0. The minimum Gasteiger partial charge on any atom is -0.490 e. The van der Waals surface area contributed by atoms with Crippen molar-refractivity contribution in [2.24, 2.45) is 0 Å². The third kappa shape index (κ3) is 6.44. The molecule has 2 aromatic rings. The number of alkyl halides is 6. The molecule has 174 valence electrons. The van der Waals surface area contributed by atoms with Crippen LogP contribution in [0.4, 0.5) is 37.7 Å². The number of halogens is 7. The number of carbonyl (C=O) groups excluding carboxylic acids is 1. The van der Waals surface area contributed by atoms with Crippen LogP contribution >= 0.6 is 22.6 Å². The first-order valence-electron chi connectivity index (χ1n) is 8.41. The summed E-state index contributed by atoms with van der Waals surface area (Å²) in [7, 11) is 0. The van der Waals surface area contributed by atoms with Crippen molar-refractivity contribution in [3.05, 3.63) is 61.2 Å². The van der Waals surface area contributed by atoms with Gasteiger partial charge in [0.05, 0.1) is 10.5 Å². The van der Waals surface area contributed by atoms with Crippen LogP contribution in [-0.2, 0) is 17.1 Å². The number of nitrogens with one attached hydrogen (secondary N) is 1. The van der Waals surface area contributed by atoms with Gasteiger partial charge in [0, 0.05) is 15.3 Å². The zero-order valence-corrected chi connectivity index (χ0v) is 18.0. The molecular formula is C18H13F6IN2O5. The van der Waals surface area contributed by atoms with E-state index in [2.05, 4.69) is 0 Å². The van der Waals surface area contributed by atoms with Crippen LogP contribution < -0.4 is 10.1 Å². The van der Waals surface area contributed by atoms with Crippen LogP contribution in [0, 0.1) is 13.7 Å². The van der Waals surface area contributed by atoms with Gasteiger partial charge >= 0.3 is 12.4 Å². The molecule has 0 saturated carbocycles. The van der Waals surface area contributed by atoms with Gasteiger partial charge in [-0.1, -0.05) is 0 Å². The molecule has 2 rings (SSSR count). The average molecular weight is 578 g/mol. The Morgan fingerprint density at radius 3 is 2.28 bits per heavy atom. The van der Waals surface area contributed by atoms with Gasteiger partial charge in [0.25, 0.3) is 11.6 Å². The molecular weight excluding hydrogens is 565 g/mol. The van der Waals surface area contributed by atoms with E-state index in [-0.39, 0.29) is 9.32 Å². The fourth-order valence-electron chi connectivity index (χ4n) is 2.36. The van der Waals surface area contributed by atoms with Crippen molar-refractivity contribution in [1.29, 1.82) is 0 Å². The summed E-state index contributed by atoms with van der Waals surface area (Å²) in [6.07, 6.45) is -9.75. The zero-order chi connectivity index (χ0) is 24.5. The maximum atomic E-state index is 13.1. The van der Waals surface area contributed by atoms with E-state index >= 15 is 0 Å². The normalized spacial score (nSPS) is 13.9. The molecule has 1 unspecified atom stereocenters. The molecule has 0 spiro atoms. The molecule has 1 atom stereocenters. The van der Waals surface area contributed by atoms with Crippen molar-refractivity contribution >= 4 is 39.9 Å². The van der Waals surface area contributed by atoms with Crippen LogP contribution in [0.5, 0.6) is 5.75 Å². The first-order chi connectivity index (χ1) is 14.5. The molecule has 32 heavy (non-hydrogen) atoms. The molecule has 1 amide bonds. The van der Waals surface area contributed by atoms with Crippen molar-refractivity contribution in [1.82, 2.24) is 0 Å². The molecule has 14 heteroatoms. The van der Waals surface area contributed by atoms with Crippen molar-refractivity contribution < 1.29 is 45.9 Å². The summed E-state index contributed by atoms with van der Waals surface area (Å²) in [5.41, 5.74) is -6.74. The van der Waals surface area contributed by atoms with Crippen molar-refractivity contribution in [3.8, 4) is 5.75 Å². The molecule has 0 aliphatic heterocycles. The summed E-state index contributed by atoms with van der Waals surface area (Å²) in [6.45, 7) is 0.0896. The fraction of sp³-hybridized carbons (Fsp3) is 0.278. The van der Waals surface area contributed by atoms with E-state index in [0.717, 1.165) is 19.1 Å². The molecule has 0 heterocycles. The number of nitro benzene ring substituents is 1. The number of carbonyl (C=O) groups is 1. The first kappa shape index (κ1) is 25.6. The highest BCUT2D eigenvalue weighted by Gasteiger charge is 2.39. The van der Waals surface area contributed by atoms with Gasteiger partial charge in [0.2, 0.25) is 0 Å². The molecule has 0 bridgehead atoms. The van der Waals surface area contributed by atoms with Crippen LogP contribution in [0.3, 0.4) is 0 Å². The molecule has 0 saturated heterocycles. The van der Waals surface area contributed by atoms with Crippen LogP contribution in [0.15, 0.2) is 36.4 Å². The zero-order valence-electron chi connectivity index (χ0n) is 15.8. The predicted octanol–water partition coefficient (Wildman–Crippen LogP) is 5.01. The summed E-state index contributed by atoms with van der Waals surface area (Å²) >= 11 is 1.62. The lowest BCUT2D eigenvalue weighted by Gasteiger charge is -2.23. The Bertz CT molecular complexity index is 1040. The van der Waals surface area contributed by atoms with E-state index in [1.165, 1.54) is 6.07 Å². The lowest BCUT2D eigenvalue weighted by Crippen LogP contribution is -2.45. The van der Waals surface area contributed by atoms with Gasteiger partial charge in [0.15, 0.2) is 5.60 Å². The minimum absolute atomic E-state index is 0.169. The van der Waals surface area contributed by atoms with Crippen LogP contribution in [0.25, 0.3) is 0 Å². The van der Waals surface area contributed by atoms with Crippen LogP contribution in [0.1, 0.15) is 18.1 Å². The lowest BCUT2D eigenvalue weighted by molar-refractivity contribution is -0.388. The van der Waals surface area contributed by atoms with Gasteiger partial charge in [-0.05, 0) is 59.8 Å². The highest BCUT2D eigenvalue weighted by molar-refractivity contribution is 14.1. The Hall–Kier alpha value is -2.62. The molecule has 2 aromatic carbocycles. The third-order valence-corrected chi connectivity index (χ3v) is 4.59. The molecule has 0 aliphatic rings. The Morgan fingerprint density at radius 1 is 1.12 bits per heavy atom. The first-order valence-corrected chi connectivity index (χ1v) is 9.48. The monoisotopic (exact) mass is 578 g/mol. The van der Waals surface area contributed by atoms with Gasteiger partial charge in [-0.2, -0.15) is 26.3 Å². The van der Waals surface area contributed by atoms with Crippen LogP contribution in [0.2, 0.25) is 0 Å². The maximum Gasteiger partial charge on any atom is 0.423 e. The quantitative estimate of drug-likeness (QED) is 0.218. The van der Waals surface area contributed by atoms with E-state index in [4.69, 9.17) is 4.74 Å². The number of benzene rings is 2. The van der Waals surface area contributed by atoms with E-state index in [9.17, 15) is 46.4 Å². The number of hydrogen-bond donors (Lipinski definition) is 2. The molecule has 0 aliphatic carbocycles. The van der Waals surface area contributed by atoms with Gasteiger partial charge in [-0.25, -0.2) is 0 Å². The van der Waals surface area contributed by atoms with Gasteiger partial charge in [0.1, 0.15) is 17.9 Å². The Morgan fingerprint density at radius 2 is 1.75 bits per heavy atom. The molecule has 0 radical (unpaired) electrons. The molecule has 0 fully saturated rings. The third-order valence-electron chi connectivity index (χ3n) is 3.96. The minimum atomic E-state index is -5.09. The number of amides is 1. The number of aliphatic hydroxyl groups is 1. The van der Waals surface area contributed by atoms with E-state index in [1.807, 2.05) is 5.32 Å². The van der Waals surface area contributed by atoms with Crippen LogP contribution in [-0.4, -0.2) is 28.1 Å². The van der Waals surface area contributed by atoms with E-state index in [1.54, 1.807) is 22.6 Å². The van der Waals surface area contributed by atoms with Gasteiger partial charge in [-0.3, -0.25) is 14.9 Å². The Balaban J connectivity index is 2.18. The van der Waals surface area contributed by atoms with E-state index < -0.39 is 57.9 Å². The summed E-state index contributed by atoms with van der Waals surface area (Å²) < 4.78 is 83.1. The SMILES string of the molecule is CC(O)(COc1cc(I)cc(C(F)(F)F)c1)C(=O)Nc1ccc([N+](=O)[O-])c(C(F)(F)F)c1. The summed E-state index contributed by atoms with van der Waals surface area (Å²) in [6, 6.07) is 4.41. The summed E-state index contributed by atoms with van der Waals surface area (Å²) in [5.74, 6) is -1.55. The number of ether oxygens (including phenoxy) is 1. The number of anilines is 1. The van der Waals surface area contributed by atoms with Crippen molar-refractivity contribution in [3.63, 3.8) is 0 Å². The molecule has 7 nitrogen and oxygen atoms in total. The van der Waals surface area contributed by atoms with Gasteiger partial charge < -0.3 is 15.2 Å². The summed E-state index contributed by atoms with van der Waals surface area (Å²) in [4.78, 5) is 21.8. The highest BCUT2D eigenvalue weighted by Crippen LogP contribution is 2.38. The Kier molecular flexibility index (Phi) is 7.28. The number of rotatable bonds is 6. The predicted molar refractivity (Wildman–Crippen MR) is 107 cm³/mol. The van der Waals surface area contributed by atoms with Crippen molar-refractivity contribution in [2.75, 3.05) is 11.9 Å². The van der Waals surface area contributed by atoms with E-state index in [0.29, 0.717) is 18.2 Å². The fourth-order valence-corrected chi connectivity index (χ4v) is 3.01. The largest absolute Gasteiger partial charge is 0.490 e.